The van der Waals surface area contributed by atoms with Crippen LogP contribution in [0.25, 0.3) is 22.3 Å². The fraction of sp³-hybridized carbons (Fsp3) is 0.211. The third-order valence-corrected chi connectivity index (χ3v) is 3.97. The second-order valence-corrected chi connectivity index (χ2v) is 5.60. The Morgan fingerprint density at radius 2 is 1.69 bits per heavy atom. The molecule has 0 amide bonds. The van der Waals surface area contributed by atoms with Gasteiger partial charge in [0.15, 0.2) is 0 Å². The number of para-hydroxylation sites is 1. The topological polar surface area (TPSA) is 59.7 Å². The average Bonchev–Trinajstić information content (AvgIpc) is 3.01. The molecule has 0 saturated heterocycles. The fourth-order valence-electron chi connectivity index (χ4n) is 2.79. The third kappa shape index (κ3) is 2.74. The Labute approximate surface area is 146 Å². The number of fused-ring (bicyclic) bond motifs is 1. The Morgan fingerprint density at radius 3 is 2.31 bits per heavy atom. The van der Waals surface area contributed by atoms with Crippen LogP contribution in [0.2, 0.25) is 0 Å². The van der Waals surface area contributed by atoms with Gasteiger partial charge in [0, 0.05) is 10.9 Å². The number of carbonyl (C=O) groups is 1. The Morgan fingerprint density at radius 1 is 1.08 bits per heavy atom. The van der Waals surface area contributed by atoms with Gasteiger partial charge in [-0.2, -0.15) is 13.2 Å². The van der Waals surface area contributed by atoms with Gasteiger partial charge in [-0.05, 0) is 13.0 Å². The molecular formula is C19H15F3O4. The predicted molar refractivity (Wildman–Crippen MR) is 88.2 cm³/mol. The first-order chi connectivity index (χ1) is 12.3. The van der Waals surface area contributed by atoms with Gasteiger partial charge in [0.25, 0.3) is 5.60 Å². The van der Waals surface area contributed by atoms with Crippen molar-refractivity contribution in [2.24, 2.45) is 0 Å². The highest BCUT2D eigenvalue weighted by molar-refractivity contribution is 5.96. The Balaban J connectivity index is 2.39. The van der Waals surface area contributed by atoms with Crippen LogP contribution in [-0.2, 0) is 15.1 Å². The second kappa shape index (κ2) is 6.49. The highest BCUT2D eigenvalue weighted by Gasteiger charge is 2.64. The van der Waals surface area contributed by atoms with Crippen molar-refractivity contribution >= 4 is 16.9 Å². The number of hydrogen-bond donors (Lipinski definition) is 1. The number of aliphatic hydroxyl groups is 1. The fourth-order valence-corrected chi connectivity index (χ4v) is 2.79. The van der Waals surface area contributed by atoms with Crippen molar-refractivity contribution in [1.29, 1.82) is 0 Å². The molecule has 0 bridgehead atoms. The van der Waals surface area contributed by atoms with Gasteiger partial charge < -0.3 is 14.3 Å². The zero-order chi connectivity index (χ0) is 18.9. The minimum absolute atomic E-state index is 0.0146. The van der Waals surface area contributed by atoms with Crippen molar-refractivity contribution in [1.82, 2.24) is 0 Å². The van der Waals surface area contributed by atoms with E-state index in [1.165, 1.54) is 37.3 Å². The maximum Gasteiger partial charge on any atom is 0.432 e. The van der Waals surface area contributed by atoms with Crippen LogP contribution in [0.5, 0.6) is 0 Å². The van der Waals surface area contributed by atoms with Gasteiger partial charge >= 0.3 is 12.1 Å². The summed E-state index contributed by atoms with van der Waals surface area (Å²) in [4.78, 5) is 12.2. The molecule has 0 aliphatic rings. The number of furan rings is 1. The molecule has 0 radical (unpaired) electrons. The van der Waals surface area contributed by atoms with Crippen LogP contribution in [0.15, 0.2) is 59.0 Å². The molecule has 0 fully saturated rings. The summed E-state index contributed by atoms with van der Waals surface area (Å²) in [5, 5.41) is 10.6. The SMILES string of the molecule is CCOC(=O)C(O)(c1c(-c2ccccc2)oc2ccccc12)C(F)(F)F. The van der Waals surface area contributed by atoms with E-state index < -0.39 is 23.3 Å². The molecule has 2 aromatic carbocycles. The van der Waals surface area contributed by atoms with Gasteiger partial charge in [-0.25, -0.2) is 4.79 Å². The normalized spacial score (nSPS) is 14.2. The van der Waals surface area contributed by atoms with E-state index in [-0.39, 0.29) is 23.3 Å². The van der Waals surface area contributed by atoms with Crippen LogP contribution in [0, 0.1) is 0 Å². The van der Waals surface area contributed by atoms with E-state index in [2.05, 4.69) is 4.74 Å². The van der Waals surface area contributed by atoms with Crippen LogP contribution in [0.1, 0.15) is 12.5 Å². The molecule has 7 heteroatoms. The number of esters is 1. The highest BCUT2D eigenvalue weighted by atomic mass is 19.4. The van der Waals surface area contributed by atoms with Crippen LogP contribution in [-0.4, -0.2) is 23.9 Å². The lowest BCUT2D eigenvalue weighted by molar-refractivity contribution is -0.267. The molecule has 4 nitrogen and oxygen atoms in total. The second-order valence-electron chi connectivity index (χ2n) is 5.60. The quantitative estimate of drug-likeness (QED) is 0.697. The summed E-state index contributed by atoms with van der Waals surface area (Å²) in [6.07, 6.45) is -5.31. The molecule has 0 saturated carbocycles. The Kier molecular flexibility index (Phi) is 4.50. The van der Waals surface area contributed by atoms with E-state index in [4.69, 9.17) is 4.42 Å². The number of hydrogen-bond acceptors (Lipinski definition) is 4. The number of alkyl halides is 3. The van der Waals surface area contributed by atoms with E-state index in [1.807, 2.05) is 0 Å². The zero-order valence-electron chi connectivity index (χ0n) is 13.7. The third-order valence-electron chi connectivity index (χ3n) is 3.97. The molecule has 3 rings (SSSR count). The maximum atomic E-state index is 13.9. The summed E-state index contributed by atoms with van der Waals surface area (Å²) >= 11 is 0. The van der Waals surface area contributed by atoms with Gasteiger partial charge in [0.05, 0.1) is 12.2 Å². The first-order valence-electron chi connectivity index (χ1n) is 7.84. The van der Waals surface area contributed by atoms with Crippen LogP contribution in [0.4, 0.5) is 13.2 Å². The van der Waals surface area contributed by atoms with Crippen molar-refractivity contribution in [2.75, 3.05) is 6.61 Å². The van der Waals surface area contributed by atoms with E-state index in [9.17, 15) is 23.1 Å². The van der Waals surface area contributed by atoms with Crippen molar-refractivity contribution < 1.29 is 32.2 Å². The van der Waals surface area contributed by atoms with E-state index in [1.54, 1.807) is 24.3 Å². The molecule has 0 aliphatic carbocycles. The van der Waals surface area contributed by atoms with Gasteiger partial charge in [0.1, 0.15) is 11.3 Å². The standard InChI is InChI=1S/C19H15F3O4/c1-2-25-17(23)18(24,19(20,21)22)15-13-10-6-7-11-14(13)26-16(15)12-8-4-3-5-9-12/h3-11,24H,2H2,1H3. The number of benzene rings is 2. The van der Waals surface area contributed by atoms with E-state index in [0.717, 1.165) is 0 Å². The first kappa shape index (κ1) is 18.0. The monoisotopic (exact) mass is 364 g/mol. The molecule has 0 spiro atoms. The smallest absolute Gasteiger partial charge is 0.432 e. The summed E-state index contributed by atoms with van der Waals surface area (Å²) in [5.74, 6) is -2.03. The van der Waals surface area contributed by atoms with Crippen molar-refractivity contribution in [3.8, 4) is 11.3 Å². The molecule has 1 unspecified atom stereocenters. The summed E-state index contributed by atoms with van der Waals surface area (Å²) in [5.41, 5.74) is -4.12. The lowest BCUT2D eigenvalue weighted by Gasteiger charge is -2.28. The van der Waals surface area contributed by atoms with Gasteiger partial charge in [-0.1, -0.05) is 48.5 Å². The zero-order valence-corrected chi connectivity index (χ0v) is 13.7. The largest absolute Gasteiger partial charge is 0.463 e. The van der Waals surface area contributed by atoms with Gasteiger partial charge in [-0.3, -0.25) is 0 Å². The Bertz CT molecular complexity index is 931. The number of halogens is 3. The average molecular weight is 364 g/mol. The summed E-state index contributed by atoms with van der Waals surface area (Å²) in [6.45, 7) is 1.05. The molecule has 136 valence electrons. The molecular weight excluding hydrogens is 349 g/mol. The lowest BCUT2D eigenvalue weighted by Crippen LogP contribution is -2.50. The molecule has 26 heavy (non-hydrogen) atoms. The van der Waals surface area contributed by atoms with Gasteiger partial charge in [0.2, 0.25) is 0 Å². The number of ether oxygens (including phenoxy) is 1. The Hall–Kier alpha value is -2.80. The lowest BCUT2D eigenvalue weighted by atomic mass is 9.88. The number of carbonyl (C=O) groups excluding carboxylic acids is 1. The predicted octanol–water partition coefficient (Wildman–Crippen LogP) is 4.41. The minimum atomic E-state index is -5.31. The minimum Gasteiger partial charge on any atom is -0.463 e. The van der Waals surface area contributed by atoms with E-state index >= 15 is 0 Å². The van der Waals surface area contributed by atoms with E-state index in [0.29, 0.717) is 5.56 Å². The highest BCUT2D eigenvalue weighted by Crippen LogP contribution is 2.48. The summed E-state index contributed by atoms with van der Waals surface area (Å²) < 4.78 is 51.8. The first-order valence-corrected chi connectivity index (χ1v) is 7.84. The molecule has 1 heterocycles. The van der Waals surface area contributed by atoms with Crippen molar-refractivity contribution in [3.05, 3.63) is 60.2 Å². The van der Waals surface area contributed by atoms with Crippen molar-refractivity contribution in [2.45, 2.75) is 18.7 Å². The molecule has 0 aliphatic heterocycles. The molecule has 1 aromatic heterocycles. The van der Waals surface area contributed by atoms with Crippen molar-refractivity contribution in [3.63, 3.8) is 0 Å². The van der Waals surface area contributed by atoms with Crippen LogP contribution >= 0.6 is 0 Å². The summed E-state index contributed by atoms with van der Waals surface area (Å²) in [7, 11) is 0. The van der Waals surface area contributed by atoms with Crippen LogP contribution < -0.4 is 0 Å². The van der Waals surface area contributed by atoms with Crippen LogP contribution in [0.3, 0.4) is 0 Å². The molecule has 1 atom stereocenters. The molecule has 1 N–H and O–H groups in total. The molecule has 3 aromatic rings. The number of rotatable bonds is 4. The van der Waals surface area contributed by atoms with Gasteiger partial charge in [-0.15, -0.1) is 0 Å². The maximum absolute atomic E-state index is 13.9. The summed E-state index contributed by atoms with van der Waals surface area (Å²) in [6, 6.07) is 13.9.